The van der Waals surface area contributed by atoms with Crippen molar-refractivity contribution in [3.8, 4) is 0 Å². The number of aliphatic carboxylic acids is 1. The number of hydrogen-bond donors (Lipinski definition) is 2. The molecular formula is C14H20N2O3S. The number of thiophene rings is 1. The molecule has 2 amide bonds. The fraction of sp³-hybridized carbons (Fsp3) is 0.571. The van der Waals surface area contributed by atoms with Gasteiger partial charge < -0.3 is 15.3 Å². The Labute approximate surface area is 122 Å². The van der Waals surface area contributed by atoms with Crippen LogP contribution in [0.2, 0.25) is 0 Å². The fourth-order valence-electron chi connectivity index (χ4n) is 2.61. The van der Waals surface area contributed by atoms with Gasteiger partial charge in [-0.2, -0.15) is 11.3 Å². The second-order valence-corrected chi connectivity index (χ2v) is 6.30. The number of carbonyl (C=O) groups excluding carboxylic acids is 1. The van der Waals surface area contributed by atoms with Gasteiger partial charge in [-0.15, -0.1) is 0 Å². The van der Waals surface area contributed by atoms with Crippen LogP contribution in [0.5, 0.6) is 0 Å². The number of rotatable bonds is 4. The van der Waals surface area contributed by atoms with Gasteiger partial charge in [0.1, 0.15) is 5.54 Å². The molecule has 1 aliphatic rings. The van der Waals surface area contributed by atoms with E-state index in [4.69, 9.17) is 0 Å². The Morgan fingerprint density at radius 2 is 2.35 bits per heavy atom. The maximum atomic E-state index is 12.3. The molecule has 0 aromatic carbocycles. The number of nitrogens with zero attached hydrogens (tertiary/aromatic N) is 1. The third-order valence-corrected chi connectivity index (χ3v) is 4.57. The monoisotopic (exact) mass is 296 g/mol. The van der Waals surface area contributed by atoms with E-state index in [9.17, 15) is 14.7 Å². The lowest BCUT2D eigenvalue weighted by molar-refractivity contribution is -0.147. The van der Waals surface area contributed by atoms with Crippen LogP contribution in [0, 0.1) is 0 Å². The molecule has 1 saturated heterocycles. The molecule has 5 nitrogen and oxygen atoms in total. The second-order valence-electron chi connectivity index (χ2n) is 5.52. The number of amides is 2. The zero-order valence-corrected chi connectivity index (χ0v) is 12.6. The number of carboxylic acids is 1. The summed E-state index contributed by atoms with van der Waals surface area (Å²) in [6.45, 7) is 4.05. The Morgan fingerprint density at radius 1 is 1.60 bits per heavy atom. The number of nitrogens with one attached hydrogen (secondary N) is 1. The first-order chi connectivity index (χ1) is 9.43. The summed E-state index contributed by atoms with van der Waals surface area (Å²) in [7, 11) is 0. The third-order valence-electron chi connectivity index (χ3n) is 3.84. The van der Waals surface area contributed by atoms with E-state index in [1.54, 1.807) is 18.3 Å². The van der Waals surface area contributed by atoms with Crippen molar-refractivity contribution in [2.75, 3.05) is 6.54 Å². The summed E-state index contributed by atoms with van der Waals surface area (Å²) in [6, 6.07) is 1.73. The molecule has 1 fully saturated rings. The predicted molar refractivity (Wildman–Crippen MR) is 78.0 cm³/mol. The van der Waals surface area contributed by atoms with Crippen LogP contribution in [-0.2, 0) is 11.2 Å². The predicted octanol–water partition coefficient (Wildman–Crippen LogP) is 2.33. The largest absolute Gasteiger partial charge is 0.480 e. The molecule has 0 radical (unpaired) electrons. The maximum Gasteiger partial charge on any atom is 0.329 e. The zero-order valence-electron chi connectivity index (χ0n) is 11.8. The molecule has 1 aromatic heterocycles. The minimum Gasteiger partial charge on any atom is -0.480 e. The molecule has 2 N–H and O–H groups in total. The molecule has 0 spiro atoms. The van der Waals surface area contributed by atoms with Crippen LogP contribution in [0.25, 0.3) is 0 Å². The molecule has 20 heavy (non-hydrogen) atoms. The van der Waals surface area contributed by atoms with E-state index >= 15 is 0 Å². The summed E-state index contributed by atoms with van der Waals surface area (Å²) in [5, 5.41) is 16.3. The quantitative estimate of drug-likeness (QED) is 0.896. The van der Waals surface area contributed by atoms with Crippen molar-refractivity contribution in [2.24, 2.45) is 0 Å². The molecule has 2 heterocycles. The van der Waals surface area contributed by atoms with Crippen LogP contribution in [0.4, 0.5) is 4.79 Å². The van der Waals surface area contributed by atoms with Gasteiger partial charge >= 0.3 is 12.0 Å². The number of carboxylic acid groups (broad SMARTS) is 1. The maximum absolute atomic E-state index is 12.3. The fourth-order valence-corrected chi connectivity index (χ4v) is 3.29. The van der Waals surface area contributed by atoms with Crippen LogP contribution >= 0.6 is 11.3 Å². The number of hydrogen-bond acceptors (Lipinski definition) is 3. The van der Waals surface area contributed by atoms with Crippen LogP contribution < -0.4 is 5.32 Å². The Morgan fingerprint density at radius 3 is 2.95 bits per heavy atom. The molecule has 0 aliphatic carbocycles. The van der Waals surface area contributed by atoms with Gasteiger partial charge in [0.15, 0.2) is 0 Å². The van der Waals surface area contributed by atoms with Crippen molar-refractivity contribution in [3.63, 3.8) is 0 Å². The van der Waals surface area contributed by atoms with Crippen molar-refractivity contribution in [3.05, 3.63) is 22.4 Å². The molecule has 1 aromatic rings. The van der Waals surface area contributed by atoms with Crippen molar-refractivity contribution in [1.29, 1.82) is 0 Å². The van der Waals surface area contributed by atoms with Crippen molar-refractivity contribution >= 4 is 23.3 Å². The van der Waals surface area contributed by atoms with Gasteiger partial charge in [0, 0.05) is 12.6 Å². The van der Waals surface area contributed by atoms with E-state index in [0.717, 1.165) is 12.8 Å². The lowest BCUT2D eigenvalue weighted by Crippen LogP contribution is -2.55. The summed E-state index contributed by atoms with van der Waals surface area (Å²) in [5.74, 6) is -0.935. The highest BCUT2D eigenvalue weighted by Crippen LogP contribution is 2.29. The molecule has 1 aliphatic heterocycles. The van der Waals surface area contributed by atoms with E-state index in [-0.39, 0.29) is 12.1 Å². The van der Waals surface area contributed by atoms with Gasteiger partial charge in [0.25, 0.3) is 0 Å². The molecule has 0 bridgehead atoms. The average molecular weight is 296 g/mol. The summed E-state index contributed by atoms with van der Waals surface area (Å²) < 4.78 is 0. The average Bonchev–Trinajstić information content (AvgIpc) is 2.98. The molecule has 0 saturated carbocycles. The minimum absolute atomic E-state index is 0.0178. The van der Waals surface area contributed by atoms with Crippen LogP contribution in [0.3, 0.4) is 0 Å². The van der Waals surface area contributed by atoms with Gasteiger partial charge in [0.05, 0.1) is 0 Å². The first-order valence-electron chi connectivity index (χ1n) is 6.76. The van der Waals surface area contributed by atoms with E-state index in [2.05, 4.69) is 10.7 Å². The first kappa shape index (κ1) is 14.8. The summed E-state index contributed by atoms with van der Waals surface area (Å²) >= 11 is 1.63. The van der Waals surface area contributed by atoms with E-state index < -0.39 is 11.5 Å². The van der Waals surface area contributed by atoms with Crippen molar-refractivity contribution < 1.29 is 14.7 Å². The van der Waals surface area contributed by atoms with Crippen LogP contribution in [-0.4, -0.2) is 40.1 Å². The number of carbonyl (C=O) groups is 2. The van der Waals surface area contributed by atoms with Gasteiger partial charge in [-0.05, 0) is 55.5 Å². The van der Waals surface area contributed by atoms with Crippen LogP contribution in [0.15, 0.2) is 16.8 Å². The van der Waals surface area contributed by atoms with Gasteiger partial charge in [0.2, 0.25) is 0 Å². The number of urea groups is 1. The third kappa shape index (κ3) is 2.95. The Balaban J connectivity index is 1.96. The lowest BCUT2D eigenvalue weighted by Gasteiger charge is -2.32. The first-order valence-corrected chi connectivity index (χ1v) is 7.70. The van der Waals surface area contributed by atoms with Gasteiger partial charge in [-0.25, -0.2) is 9.59 Å². The van der Waals surface area contributed by atoms with Crippen LogP contribution in [0.1, 0.15) is 32.3 Å². The van der Waals surface area contributed by atoms with E-state index in [1.165, 1.54) is 10.5 Å². The zero-order chi connectivity index (χ0) is 14.8. The second kappa shape index (κ2) is 5.83. The Kier molecular flexibility index (Phi) is 4.32. The topological polar surface area (TPSA) is 69.6 Å². The summed E-state index contributed by atoms with van der Waals surface area (Å²) in [5.41, 5.74) is 0.108. The Bertz CT molecular complexity index is 489. The standard InChI is InChI=1S/C14H20N2O3S/c1-10(8-11-4-7-20-9-11)15-13(19)16-6-3-5-14(16,2)12(17)18/h4,7,9-10H,3,5-6,8H2,1-2H3,(H,15,19)(H,17,18). The molecule has 6 heteroatoms. The van der Waals surface area contributed by atoms with Gasteiger partial charge in [-0.3, -0.25) is 0 Å². The number of likely N-dealkylation sites (tertiary alicyclic amines) is 1. The van der Waals surface area contributed by atoms with Crippen molar-refractivity contribution in [2.45, 2.75) is 44.7 Å². The normalized spacial score (nSPS) is 23.6. The molecule has 2 rings (SSSR count). The molecular weight excluding hydrogens is 276 g/mol. The van der Waals surface area contributed by atoms with E-state index in [1.807, 2.05) is 18.4 Å². The molecule has 2 unspecified atom stereocenters. The lowest BCUT2D eigenvalue weighted by atomic mass is 10.00. The SMILES string of the molecule is CC(Cc1ccsc1)NC(=O)N1CCCC1(C)C(=O)O. The van der Waals surface area contributed by atoms with Crippen molar-refractivity contribution in [1.82, 2.24) is 10.2 Å². The molecule has 2 atom stereocenters. The highest BCUT2D eigenvalue weighted by atomic mass is 32.1. The van der Waals surface area contributed by atoms with Gasteiger partial charge in [-0.1, -0.05) is 0 Å². The smallest absolute Gasteiger partial charge is 0.329 e. The Hall–Kier alpha value is -1.56. The van der Waals surface area contributed by atoms with E-state index in [0.29, 0.717) is 13.0 Å². The summed E-state index contributed by atoms with van der Waals surface area (Å²) in [6.07, 6.45) is 2.00. The molecule has 110 valence electrons. The summed E-state index contributed by atoms with van der Waals surface area (Å²) in [4.78, 5) is 25.1. The minimum atomic E-state index is -1.08. The highest BCUT2D eigenvalue weighted by molar-refractivity contribution is 7.07. The highest BCUT2D eigenvalue weighted by Gasteiger charge is 2.46.